The first-order valence-electron chi connectivity index (χ1n) is 8.03. The Bertz CT molecular complexity index is 474. The molecular formula is C17H24N2O2. The molecule has 1 N–H and O–H groups in total. The van der Waals surface area contributed by atoms with Gasteiger partial charge in [0.2, 0.25) is 0 Å². The lowest BCUT2D eigenvalue weighted by Gasteiger charge is -2.17. The van der Waals surface area contributed by atoms with Crippen LogP contribution < -0.4 is 10.1 Å². The summed E-state index contributed by atoms with van der Waals surface area (Å²) in [6, 6.07) is 8.07. The van der Waals surface area contributed by atoms with E-state index in [1.807, 2.05) is 29.2 Å². The van der Waals surface area contributed by atoms with E-state index in [4.69, 9.17) is 4.74 Å². The molecule has 21 heavy (non-hydrogen) atoms. The van der Waals surface area contributed by atoms with Crippen LogP contribution in [0.4, 0.5) is 0 Å². The van der Waals surface area contributed by atoms with Gasteiger partial charge in [-0.25, -0.2) is 0 Å². The smallest absolute Gasteiger partial charge is 0.253 e. The van der Waals surface area contributed by atoms with E-state index in [9.17, 15) is 4.79 Å². The van der Waals surface area contributed by atoms with Crippen molar-refractivity contribution >= 4 is 5.91 Å². The maximum atomic E-state index is 12.5. The minimum absolute atomic E-state index is 0.145. The van der Waals surface area contributed by atoms with Crippen LogP contribution in [0, 0.1) is 5.92 Å². The molecule has 1 amide bonds. The van der Waals surface area contributed by atoms with Crippen LogP contribution in [0.1, 0.15) is 36.5 Å². The average Bonchev–Trinajstić information content (AvgIpc) is 3.09. The van der Waals surface area contributed by atoms with E-state index < -0.39 is 0 Å². The van der Waals surface area contributed by atoms with Gasteiger partial charge in [0.1, 0.15) is 5.75 Å². The second-order valence-electron chi connectivity index (χ2n) is 6.05. The number of hydrogen-bond donors (Lipinski definition) is 1. The van der Waals surface area contributed by atoms with E-state index in [1.165, 1.54) is 6.42 Å². The molecule has 0 bridgehead atoms. The molecule has 0 aromatic heterocycles. The van der Waals surface area contributed by atoms with Crippen LogP contribution in [0.2, 0.25) is 0 Å². The molecule has 0 saturated carbocycles. The van der Waals surface area contributed by atoms with Crippen LogP contribution in [-0.2, 0) is 0 Å². The second-order valence-corrected chi connectivity index (χ2v) is 6.05. The number of fused-ring (bicyclic) bond motifs is 1. The summed E-state index contributed by atoms with van der Waals surface area (Å²) in [5, 5.41) is 3.48. The highest BCUT2D eigenvalue weighted by molar-refractivity contribution is 5.94. The number of benzene rings is 1. The summed E-state index contributed by atoms with van der Waals surface area (Å²) in [4.78, 5) is 14.5. The zero-order valence-corrected chi connectivity index (χ0v) is 12.7. The number of amides is 1. The highest BCUT2D eigenvalue weighted by Gasteiger charge is 2.38. The molecule has 1 aromatic rings. The Morgan fingerprint density at radius 1 is 1.33 bits per heavy atom. The maximum Gasteiger partial charge on any atom is 0.253 e. The highest BCUT2D eigenvalue weighted by atomic mass is 16.5. The van der Waals surface area contributed by atoms with Gasteiger partial charge < -0.3 is 15.0 Å². The van der Waals surface area contributed by atoms with Crippen molar-refractivity contribution < 1.29 is 9.53 Å². The summed E-state index contributed by atoms with van der Waals surface area (Å²) < 4.78 is 5.63. The van der Waals surface area contributed by atoms with E-state index in [2.05, 4.69) is 12.2 Å². The molecule has 4 heteroatoms. The van der Waals surface area contributed by atoms with Crippen molar-refractivity contribution in [3.05, 3.63) is 29.8 Å². The first-order valence-corrected chi connectivity index (χ1v) is 8.03. The van der Waals surface area contributed by atoms with E-state index in [1.54, 1.807) is 0 Å². The topological polar surface area (TPSA) is 41.6 Å². The summed E-state index contributed by atoms with van der Waals surface area (Å²) in [7, 11) is 0. The zero-order chi connectivity index (χ0) is 14.7. The van der Waals surface area contributed by atoms with Crippen molar-refractivity contribution in [2.24, 2.45) is 5.92 Å². The van der Waals surface area contributed by atoms with Crippen LogP contribution in [-0.4, -0.2) is 43.1 Å². The van der Waals surface area contributed by atoms with Gasteiger partial charge in [0.05, 0.1) is 6.61 Å². The summed E-state index contributed by atoms with van der Waals surface area (Å²) >= 11 is 0. The second kappa shape index (κ2) is 6.48. The molecule has 4 nitrogen and oxygen atoms in total. The van der Waals surface area contributed by atoms with E-state index in [0.717, 1.165) is 50.4 Å². The largest absolute Gasteiger partial charge is 0.494 e. The number of carbonyl (C=O) groups is 1. The first kappa shape index (κ1) is 14.4. The van der Waals surface area contributed by atoms with Crippen LogP contribution in [0.25, 0.3) is 0 Å². The predicted octanol–water partition coefficient (Wildman–Crippen LogP) is 2.30. The van der Waals surface area contributed by atoms with E-state index in [0.29, 0.717) is 12.0 Å². The van der Waals surface area contributed by atoms with Crippen molar-refractivity contribution in [3.63, 3.8) is 0 Å². The highest BCUT2D eigenvalue weighted by Crippen LogP contribution is 2.26. The van der Waals surface area contributed by atoms with E-state index >= 15 is 0 Å². The average molecular weight is 288 g/mol. The molecule has 3 rings (SSSR count). The summed E-state index contributed by atoms with van der Waals surface area (Å²) in [5.41, 5.74) is 0.762. The molecule has 0 unspecified atom stereocenters. The van der Waals surface area contributed by atoms with Crippen LogP contribution in [0.5, 0.6) is 5.75 Å². The molecule has 2 atom stereocenters. The molecule has 2 aliphatic rings. The Morgan fingerprint density at radius 2 is 2.14 bits per heavy atom. The van der Waals surface area contributed by atoms with Crippen LogP contribution in [0.3, 0.4) is 0 Å². The molecule has 1 aromatic carbocycles. The molecule has 2 heterocycles. The lowest BCUT2D eigenvalue weighted by atomic mass is 10.1. The number of nitrogens with one attached hydrogen (secondary N) is 1. The minimum Gasteiger partial charge on any atom is -0.494 e. The lowest BCUT2D eigenvalue weighted by molar-refractivity contribution is 0.0782. The molecule has 0 radical (unpaired) electrons. The summed E-state index contributed by atoms with van der Waals surface area (Å²) in [6.45, 7) is 5.72. The van der Waals surface area contributed by atoms with Crippen molar-refractivity contribution in [2.45, 2.75) is 32.2 Å². The van der Waals surface area contributed by atoms with Gasteiger partial charge in [-0.15, -0.1) is 0 Å². The summed E-state index contributed by atoms with van der Waals surface area (Å²) in [5.74, 6) is 1.64. The van der Waals surface area contributed by atoms with Gasteiger partial charge in [-0.2, -0.15) is 0 Å². The van der Waals surface area contributed by atoms with Crippen molar-refractivity contribution in [2.75, 3.05) is 26.2 Å². The third-order valence-electron chi connectivity index (χ3n) is 4.52. The van der Waals surface area contributed by atoms with E-state index in [-0.39, 0.29) is 5.91 Å². The number of ether oxygens (including phenoxy) is 1. The summed E-state index contributed by atoms with van der Waals surface area (Å²) in [6.07, 6.45) is 3.38. The minimum atomic E-state index is 0.145. The molecular weight excluding hydrogens is 264 g/mol. The van der Waals surface area contributed by atoms with Gasteiger partial charge >= 0.3 is 0 Å². The molecule has 0 aliphatic carbocycles. The Labute approximate surface area is 126 Å². The number of carbonyl (C=O) groups excluding carboxylic acids is 1. The molecule has 0 spiro atoms. The Morgan fingerprint density at radius 3 is 2.86 bits per heavy atom. The van der Waals surface area contributed by atoms with Gasteiger partial charge in [0, 0.05) is 24.7 Å². The fraction of sp³-hybridized carbons (Fsp3) is 0.588. The Kier molecular flexibility index (Phi) is 4.44. The van der Waals surface area contributed by atoms with Gasteiger partial charge in [0.25, 0.3) is 5.91 Å². The first-order chi connectivity index (χ1) is 10.3. The molecule has 114 valence electrons. The molecule has 2 fully saturated rings. The van der Waals surface area contributed by atoms with Gasteiger partial charge in [-0.05, 0) is 49.6 Å². The lowest BCUT2D eigenvalue weighted by Crippen LogP contribution is -2.33. The van der Waals surface area contributed by atoms with Crippen molar-refractivity contribution in [3.8, 4) is 5.75 Å². The maximum absolute atomic E-state index is 12.5. The fourth-order valence-electron chi connectivity index (χ4n) is 3.23. The van der Waals surface area contributed by atoms with Crippen LogP contribution in [0.15, 0.2) is 24.3 Å². The third-order valence-corrected chi connectivity index (χ3v) is 4.52. The molecule has 2 saturated heterocycles. The van der Waals surface area contributed by atoms with Gasteiger partial charge in [-0.1, -0.05) is 13.3 Å². The normalized spacial score (nSPS) is 24.1. The van der Waals surface area contributed by atoms with Crippen molar-refractivity contribution in [1.82, 2.24) is 10.2 Å². The fourth-order valence-corrected chi connectivity index (χ4v) is 3.23. The standard InChI is InChI=1S/C17H24N2O2/c1-2-3-10-21-15-6-4-13(5-7-15)17(20)19-11-14-8-9-18-16(14)12-19/h4-7,14,16,18H,2-3,8-12H2,1H3/t14-,16+/m0/s1. The Hall–Kier alpha value is -1.55. The number of unbranched alkanes of at least 4 members (excludes halogenated alkanes) is 1. The van der Waals surface area contributed by atoms with Gasteiger partial charge in [-0.3, -0.25) is 4.79 Å². The number of rotatable bonds is 5. The monoisotopic (exact) mass is 288 g/mol. The van der Waals surface area contributed by atoms with Crippen LogP contribution >= 0.6 is 0 Å². The van der Waals surface area contributed by atoms with Gasteiger partial charge in [0.15, 0.2) is 0 Å². The van der Waals surface area contributed by atoms with Crippen molar-refractivity contribution in [1.29, 1.82) is 0 Å². The number of likely N-dealkylation sites (tertiary alicyclic amines) is 1. The quantitative estimate of drug-likeness (QED) is 0.845. The SMILES string of the molecule is CCCCOc1ccc(C(=O)N2C[C@@H]3CCN[C@@H]3C2)cc1. The zero-order valence-electron chi connectivity index (χ0n) is 12.7. The number of hydrogen-bond acceptors (Lipinski definition) is 3. The predicted molar refractivity (Wildman–Crippen MR) is 82.6 cm³/mol. The number of nitrogens with zero attached hydrogens (tertiary/aromatic N) is 1. The molecule has 2 aliphatic heterocycles. The third kappa shape index (κ3) is 3.21. The Balaban J connectivity index is 1.57.